The average molecular weight is 406 g/mol. The quantitative estimate of drug-likeness (QED) is 0.371. The van der Waals surface area contributed by atoms with Gasteiger partial charge >= 0.3 is 6.18 Å². The molecule has 2 heterocycles. The molecule has 2 aromatic heterocycles. The van der Waals surface area contributed by atoms with Crippen molar-refractivity contribution in [3.63, 3.8) is 0 Å². The van der Waals surface area contributed by atoms with Crippen LogP contribution in [0.1, 0.15) is 11.3 Å². The topological polar surface area (TPSA) is 30.7 Å². The molecule has 142 valence electrons. The number of hydrogen-bond acceptors (Lipinski definition) is 2. The molecule has 4 aromatic rings. The van der Waals surface area contributed by atoms with Crippen molar-refractivity contribution >= 4 is 22.6 Å². The van der Waals surface area contributed by atoms with Crippen LogP contribution in [0.2, 0.25) is 5.02 Å². The van der Waals surface area contributed by atoms with Gasteiger partial charge < -0.3 is 0 Å². The van der Waals surface area contributed by atoms with Gasteiger partial charge in [-0.2, -0.15) is 18.3 Å². The normalized spacial score (nSPS) is 11.9. The first-order valence-corrected chi connectivity index (χ1v) is 8.62. The molecule has 0 aliphatic heterocycles. The highest BCUT2D eigenvalue weighted by molar-refractivity contribution is 6.30. The third-order valence-electron chi connectivity index (χ3n) is 4.32. The molecule has 0 aliphatic carbocycles. The summed E-state index contributed by atoms with van der Waals surface area (Å²) in [6.45, 7) is 1.48. The van der Waals surface area contributed by atoms with Gasteiger partial charge in [0.25, 0.3) is 0 Å². The number of aromatic nitrogens is 3. The van der Waals surface area contributed by atoms with E-state index in [9.17, 15) is 17.6 Å². The van der Waals surface area contributed by atoms with Gasteiger partial charge in [0.2, 0.25) is 0 Å². The summed E-state index contributed by atoms with van der Waals surface area (Å²) in [6, 6.07) is 12.9. The Hall–Kier alpha value is -2.93. The van der Waals surface area contributed by atoms with Crippen LogP contribution in [0, 0.1) is 12.7 Å². The van der Waals surface area contributed by atoms with Crippen molar-refractivity contribution in [1.82, 2.24) is 14.8 Å². The number of alkyl halides is 3. The second kappa shape index (κ2) is 6.60. The van der Waals surface area contributed by atoms with Crippen molar-refractivity contribution in [3.8, 4) is 16.9 Å². The maximum atomic E-state index is 14.2. The molecule has 3 nitrogen and oxygen atoms in total. The number of nitrogens with zero attached hydrogens (tertiary/aromatic N) is 3. The highest BCUT2D eigenvalue weighted by atomic mass is 35.5. The van der Waals surface area contributed by atoms with E-state index in [4.69, 9.17) is 11.6 Å². The Morgan fingerprint density at radius 1 is 1.00 bits per heavy atom. The SMILES string of the molecule is Cc1nn(-c2cccc(Cl)c2)c2nc(-c3ccccc3F)cc(C(F)(F)F)c12. The number of hydrogen-bond donors (Lipinski definition) is 0. The second-order valence-corrected chi connectivity index (χ2v) is 6.64. The summed E-state index contributed by atoms with van der Waals surface area (Å²) in [7, 11) is 0. The Kier molecular flexibility index (Phi) is 4.34. The second-order valence-electron chi connectivity index (χ2n) is 6.21. The molecule has 0 saturated heterocycles. The maximum absolute atomic E-state index is 14.2. The lowest BCUT2D eigenvalue weighted by molar-refractivity contribution is -0.136. The zero-order chi connectivity index (χ0) is 20.1. The fourth-order valence-corrected chi connectivity index (χ4v) is 3.29. The van der Waals surface area contributed by atoms with Gasteiger partial charge in [0.15, 0.2) is 5.65 Å². The number of fused-ring (bicyclic) bond motifs is 1. The summed E-state index contributed by atoms with van der Waals surface area (Å²) in [4.78, 5) is 4.32. The first-order valence-electron chi connectivity index (χ1n) is 8.24. The number of halogens is 5. The van der Waals surface area contributed by atoms with E-state index in [0.717, 1.165) is 6.07 Å². The van der Waals surface area contributed by atoms with Crippen LogP contribution in [0.5, 0.6) is 0 Å². The van der Waals surface area contributed by atoms with E-state index < -0.39 is 17.6 Å². The van der Waals surface area contributed by atoms with Crippen molar-refractivity contribution in [2.45, 2.75) is 13.1 Å². The van der Waals surface area contributed by atoms with Gasteiger partial charge in [-0.15, -0.1) is 0 Å². The maximum Gasteiger partial charge on any atom is 0.417 e. The largest absolute Gasteiger partial charge is 0.417 e. The van der Waals surface area contributed by atoms with Crippen molar-refractivity contribution < 1.29 is 17.6 Å². The van der Waals surface area contributed by atoms with Crippen molar-refractivity contribution in [1.29, 1.82) is 0 Å². The Balaban J connectivity index is 2.10. The van der Waals surface area contributed by atoms with E-state index in [0.29, 0.717) is 10.7 Å². The molecule has 28 heavy (non-hydrogen) atoms. The molecule has 0 radical (unpaired) electrons. The van der Waals surface area contributed by atoms with Crippen molar-refractivity contribution in [2.75, 3.05) is 0 Å². The summed E-state index contributed by atoms with van der Waals surface area (Å²) >= 11 is 6.01. The van der Waals surface area contributed by atoms with Crippen LogP contribution in [0.15, 0.2) is 54.6 Å². The van der Waals surface area contributed by atoms with Gasteiger partial charge in [0, 0.05) is 10.6 Å². The van der Waals surface area contributed by atoms with E-state index in [-0.39, 0.29) is 28.0 Å². The Morgan fingerprint density at radius 2 is 1.75 bits per heavy atom. The monoisotopic (exact) mass is 405 g/mol. The predicted molar refractivity (Wildman–Crippen MR) is 99.0 cm³/mol. The first kappa shape index (κ1) is 18.4. The van der Waals surface area contributed by atoms with Crippen LogP contribution in [0.25, 0.3) is 28.0 Å². The fraction of sp³-hybridized carbons (Fsp3) is 0.100. The predicted octanol–water partition coefficient (Wildman–Crippen LogP) is 6.21. The number of pyridine rings is 1. The van der Waals surface area contributed by atoms with E-state index in [1.165, 1.54) is 35.9 Å². The summed E-state index contributed by atoms with van der Waals surface area (Å²) < 4.78 is 56.9. The molecule has 0 unspecified atom stereocenters. The minimum atomic E-state index is -4.66. The Morgan fingerprint density at radius 3 is 2.43 bits per heavy atom. The highest BCUT2D eigenvalue weighted by Crippen LogP contribution is 2.39. The zero-order valence-corrected chi connectivity index (χ0v) is 15.2. The molecule has 8 heteroatoms. The molecule has 4 rings (SSSR count). The smallest absolute Gasteiger partial charge is 0.228 e. The molecule has 0 aliphatic rings. The van der Waals surface area contributed by atoms with E-state index in [2.05, 4.69) is 10.1 Å². The van der Waals surface area contributed by atoms with Crippen LogP contribution in [-0.2, 0) is 6.18 Å². The molecule has 0 fully saturated rings. The van der Waals surface area contributed by atoms with Crippen molar-refractivity contribution in [2.24, 2.45) is 0 Å². The molecule has 0 amide bonds. The molecule has 0 bridgehead atoms. The fourth-order valence-electron chi connectivity index (χ4n) is 3.11. The third kappa shape index (κ3) is 3.11. The Bertz CT molecular complexity index is 1200. The van der Waals surface area contributed by atoms with E-state index in [1.54, 1.807) is 24.3 Å². The molecular formula is C20H12ClF4N3. The standard InChI is InChI=1S/C20H12ClF4N3/c1-11-18-15(20(23,24)25)10-17(14-7-2-3-8-16(14)22)26-19(18)28(27-11)13-6-4-5-12(21)9-13/h2-10H,1H3. The summed E-state index contributed by atoms with van der Waals surface area (Å²) in [5.41, 5.74) is -0.464. The van der Waals surface area contributed by atoms with Gasteiger partial charge in [0.1, 0.15) is 5.82 Å². The number of rotatable bonds is 2. The Labute approximate surface area is 162 Å². The lowest BCUT2D eigenvalue weighted by Crippen LogP contribution is -2.08. The summed E-state index contributed by atoms with van der Waals surface area (Å²) in [6.07, 6.45) is -4.66. The average Bonchev–Trinajstić information content (AvgIpc) is 2.97. The summed E-state index contributed by atoms with van der Waals surface area (Å²) in [5.74, 6) is -0.659. The van der Waals surface area contributed by atoms with E-state index >= 15 is 0 Å². The minimum Gasteiger partial charge on any atom is -0.228 e. The van der Waals surface area contributed by atoms with Gasteiger partial charge in [-0.05, 0) is 43.3 Å². The van der Waals surface area contributed by atoms with E-state index in [1.807, 2.05) is 0 Å². The molecule has 0 atom stereocenters. The zero-order valence-electron chi connectivity index (χ0n) is 14.4. The van der Waals surface area contributed by atoms with Crippen LogP contribution < -0.4 is 0 Å². The number of aryl methyl sites for hydroxylation is 1. The molecule has 0 spiro atoms. The molecule has 0 N–H and O–H groups in total. The first-order chi connectivity index (χ1) is 13.3. The lowest BCUT2D eigenvalue weighted by Gasteiger charge is -2.12. The van der Waals surface area contributed by atoms with Crippen LogP contribution >= 0.6 is 11.6 Å². The molecule has 0 saturated carbocycles. The van der Waals surface area contributed by atoms with Crippen molar-refractivity contribution in [3.05, 3.63) is 76.7 Å². The van der Waals surface area contributed by atoms with Gasteiger partial charge in [-0.1, -0.05) is 29.8 Å². The molecule has 2 aromatic carbocycles. The minimum absolute atomic E-state index is 0.0205. The van der Waals surface area contributed by atoms with Gasteiger partial charge in [-0.3, -0.25) is 0 Å². The summed E-state index contributed by atoms with van der Waals surface area (Å²) in [5, 5.41) is 4.51. The number of benzene rings is 2. The van der Waals surface area contributed by atoms with Crippen LogP contribution in [0.4, 0.5) is 17.6 Å². The lowest BCUT2D eigenvalue weighted by atomic mass is 10.0. The van der Waals surface area contributed by atoms with Crippen LogP contribution in [0.3, 0.4) is 0 Å². The van der Waals surface area contributed by atoms with Gasteiger partial charge in [-0.25, -0.2) is 14.1 Å². The highest BCUT2D eigenvalue weighted by Gasteiger charge is 2.36. The van der Waals surface area contributed by atoms with Crippen LogP contribution in [-0.4, -0.2) is 14.8 Å². The van der Waals surface area contributed by atoms with Gasteiger partial charge in [0.05, 0.1) is 28.0 Å². The molecular weight excluding hydrogens is 394 g/mol. The third-order valence-corrected chi connectivity index (χ3v) is 4.56.